The monoisotopic (exact) mass is 357 g/mol. The highest BCUT2D eigenvalue weighted by Gasteiger charge is 2.28. The molecule has 0 aromatic carbocycles. The average molecular weight is 357 g/mol. The molecular weight excluding hydrogens is 341 g/mol. The predicted molar refractivity (Wildman–Crippen MR) is 93.6 cm³/mol. The van der Waals surface area contributed by atoms with E-state index in [9.17, 15) is 14.5 Å². The standard InChI is InChI=1S/C16H16FN7O2/c1-8-5-14(23-22-8)21-16-15(24(25)26)11(6-13(18)20-16)9(2)12-4-3-10(17)7-19-12/h3-7,9H,1-2H3,(H4,18,20,21,22,23)/t9-/m0/s1. The molecule has 134 valence electrons. The number of hydrogen-bond acceptors (Lipinski definition) is 7. The van der Waals surface area contributed by atoms with Gasteiger partial charge in [0.05, 0.1) is 11.1 Å². The Labute approximate surface area is 147 Å². The molecule has 0 amide bonds. The van der Waals surface area contributed by atoms with E-state index in [0.29, 0.717) is 17.1 Å². The van der Waals surface area contributed by atoms with Gasteiger partial charge in [-0.3, -0.25) is 20.2 Å². The van der Waals surface area contributed by atoms with Gasteiger partial charge in [0.2, 0.25) is 5.82 Å². The molecule has 0 bridgehead atoms. The third-order valence-corrected chi connectivity index (χ3v) is 3.84. The number of aryl methyl sites for hydroxylation is 1. The fourth-order valence-corrected chi connectivity index (χ4v) is 2.59. The van der Waals surface area contributed by atoms with Gasteiger partial charge in [0.1, 0.15) is 11.6 Å². The summed E-state index contributed by atoms with van der Waals surface area (Å²) in [6.45, 7) is 3.53. The Morgan fingerprint density at radius 2 is 2.15 bits per heavy atom. The third-order valence-electron chi connectivity index (χ3n) is 3.84. The van der Waals surface area contributed by atoms with Crippen LogP contribution in [0, 0.1) is 22.9 Å². The lowest BCUT2D eigenvalue weighted by Gasteiger charge is -2.14. The van der Waals surface area contributed by atoms with Crippen molar-refractivity contribution in [2.75, 3.05) is 11.1 Å². The maximum absolute atomic E-state index is 13.1. The van der Waals surface area contributed by atoms with Gasteiger partial charge in [0.15, 0.2) is 5.82 Å². The summed E-state index contributed by atoms with van der Waals surface area (Å²) in [5, 5.41) is 21.3. The van der Waals surface area contributed by atoms with Gasteiger partial charge in [-0.25, -0.2) is 9.37 Å². The first-order chi connectivity index (χ1) is 12.3. The SMILES string of the molecule is Cc1cc(Nc2nc(N)cc([C@H](C)c3ccc(F)cn3)c2[N+](=O)[O-])n[nH]1. The first-order valence-electron chi connectivity index (χ1n) is 7.70. The van der Waals surface area contributed by atoms with Gasteiger partial charge in [-0.1, -0.05) is 6.92 Å². The minimum Gasteiger partial charge on any atom is -0.384 e. The van der Waals surface area contributed by atoms with E-state index in [1.165, 1.54) is 18.2 Å². The molecule has 0 radical (unpaired) electrons. The Hall–Kier alpha value is -3.56. The number of nitrogens with one attached hydrogen (secondary N) is 2. The van der Waals surface area contributed by atoms with Crippen molar-refractivity contribution in [2.45, 2.75) is 19.8 Å². The van der Waals surface area contributed by atoms with Crippen LogP contribution in [0.2, 0.25) is 0 Å². The number of hydrogen-bond donors (Lipinski definition) is 3. The molecule has 0 aliphatic rings. The highest BCUT2D eigenvalue weighted by atomic mass is 19.1. The quantitative estimate of drug-likeness (QED) is 0.471. The van der Waals surface area contributed by atoms with Crippen LogP contribution < -0.4 is 11.1 Å². The summed E-state index contributed by atoms with van der Waals surface area (Å²) in [7, 11) is 0. The molecule has 0 saturated heterocycles. The highest BCUT2D eigenvalue weighted by molar-refractivity contribution is 5.70. The summed E-state index contributed by atoms with van der Waals surface area (Å²) < 4.78 is 13.1. The number of aromatic amines is 1. The molecule has 0 spiro atoms. The summed E-state index contributed by atoms with van der Waals surface area (Å²) in [5.74, 6) is -0.522. The van der Waals surface area contributed by atoms with Crippen molar-refractivity contribution in [1.29, 1.82) is 0 Å². The van der Waals surface area contributed by atoms with E-state index in [-0.39, 0.29) is 17.3 Å². The van der Waals surface area contributed by atoms with Gasteiger partial charge < -0.3 is 11.1 Å². The van der Waals surface area contributed by atoms with Gasteiger partial charge in [-0.2, -0.15) is 5.10 Å². The largest absolute Gasteiger partial charge is 0.384 e. The van der Waals surface area contributed by atoms with Crippen molar-refractivity contribution in [3.8, 4) is 0 Å². The molecule has 3 rings (SSSR count). The smallest absolute Gasteiger partial charge is 0.315 e. The van der Waals surface area contributed by atoms with E-state index in [2.05, 4.69) is 25.5 Å². The maximum Gasteiger partial charge on any atom is 0.315 e. The predicted octanol–water partition coefficient (Wildman–Crippen LogP) is 3.03. The van der Waals surface area contributed by atoms with E-state index in [1.54, 1.807) is 19.9 Å². The number of anilines is 3. The Balaban J connectivity index is 2.09. The van der Waals surface area contributed by atoms with Crippen LogP contribution in [0.25, 0.3) is 0 Å². The molecular formula is C16H16FN7O2. The van der Waals surface area contributed by atoms with E-state index in [0.717, 1.165) is 11.9 Å². The van der Waals surface area contributed by atoms with E-state index in [4.69, 9.17) is 5.73 Å². The van der Waals surface area contributed by atoms with Gasteiger partial charge in [0, 0.05) is 28.9 Å². The van der Waals surface area contributed by atoms with Crippen LogP contribution in [0.15, 0.2) is 30.5 Å². The van der Waals surface area contributed by atoms with Crippen molar-refractivity contribution in [3.63, 3.8) is 0 Å². The number of aromatic nitrogens is 4. The maximum atomic E-state index is 13.1. The lowest BCUT2D eigenvalue weighted by molar-refractivity contribution is -0.384. The molecule has 0 aliphatic carbocycles. The first-order valence-corrected chi connectivity index (χ1v) is 7.70. The van der Waals surface area contributed by atoms with Gasteiger partial charge in [-0.15, -0.1) is 0 Å². The molecule has 3 heterocycles. The molecule has 0 fully saturated rings. The molecule has 26 heavy (non-hydrogen) atoms. The molecule has 3 aromatic heterocycles. The third kappa shape index (κ3) is 3.43. The molecule has 1 atom stereocenters. The number of nitro groups is 1. The normalized spacial score (nSPS) is 12.0. The zero-order valence-corrected chi connectivity index (χ0v) is 14.0. The fourth-order valence-electron chi connectivity index (χ4n) is 2.59. The highest BCUT2D eigenvalue weighted by Crippen LogP contribution is 2.37. The number of nitrogen functional groups attached to an aromatic ring is 1. The molecule has 9 nitrogen and oxygen atoms in total. The molecule has 0 unspecified atom stereocenters. The summed E-state index contributed by atoms with van der Waals surface area (Å²) in [5.41, 5.74) is 7.18. The summed E-state index contributed by atoms with van der Waals surface area (Å²) >= 11 is 0. The van der Waals surface area contributed by atoms with E-state index >= 15 is 0 Å². The zero-order valence-electron chi connectivity index (χ0n) is 14.0. The minimum absolute atomic E-state index is 0.0227. The minimum atomic E-state index is -0.538. The van der Waals surface area contributed by atoms with Crippen LogP contribution in [0.5, 0.6) is 0 Å². The van der Waals surface area contributed by atoms with Crippen LogP contribution in [0.1, 0.15) is 29.8 Å². The Morgan fingerprint density at radius 1 is 1.38 bits per heavy atom. The Morgan fingerprint density at radius 3 is 2.73 bits per heavy atom. The van der Waals surface area contributed by atoms with Crippen molar-refractivity contribution < 1.29 is 9.31 Å². The summed E-state index contributed by atoms with van der Waals surface area (Å²) in [6.07, 6.45) is 1.06. The van der Waals surface area contributed by atoms with E-state index < -0.39 is 16.7 Å². The average Bonchev–Trinajstić information content (AvgIpc) is 2.99. The van der Waals surface area contributed by atoms with Crippen LogP contribution in [0.3, 0.4) is 0 Å². The molecule has 3 aromatic rings. The van der Waals surface area contributed by atoms with Crippen molar-refractivity contribution in [3.05, 3.63) is 63.3 Å². The second-order valence-electron chi connectivity index (χ2n) is 5.77. The molecule has 4 N–H and O–H groups in total. The number of halogens is 1. The van der Waals surface area contributed by atoms with Crippen LogP contribution in [-0.4, -0.2) is 25.1 Å². The fraction of sp³-hybridized carbons (Fsp3) is 0.188. The lowest BCUT2D eigenvalue weighted by Crippen LogP contribution is -2.09. The van der Waals surface area contributed by atoms with Gasteiger partial charge >= 0.3 is 5.69 Å². The van der Waals surface area contributed by atoms with Crippen LogP contribution in [0.4, 0.5) is 27.5 Å². The zero-order chi connectivity index (χ0) is 18.8. The van der Waals surface area contributed by atoms with Gasteiger partial charge in [0.25, 0.3) is 0 Å². The van der Waals surface area contributed by atoms with Gasteiger partial charge in [-0.05, 0) is 25.1 Å². The number of rotatable bonds is 5. The number of pyridine rings is 2. The number of nitrogens with zero attached hydrogens (tertiary/aromatic N) is 4. The van der Waals surface area contributed by atoms with Crippen molar-refractivity contribution in [2.24, 2.45) is 0 Å². The number of H-pyrrole nitrogens is 1. The molecule has 0 saturated carbocycles. The van der Waals surface area contributed by atoms with E-state index in [1.807, 2.05) is 0 Å². The Kier molecular flexibility index (Phi) is 4.48. The lowest BCUT2D eigenvalue weighted by atomic mass is 9.96. The summed E-state index contributed by atoms with van der Waals surface area (Å²) in [4.78, 5) is 19.2. The molecule has 10 heteroatoms. The molecule has 0 aliphatic heterocycles. The van der Waals surface area contributed by atoms with Crippen molar-refractivity contribution in [1.82, 2.24) is 20.2 Å². The van der Waals surface area contributed by atoms with Crippen molar-refractivity contribution >= 4 is 23.1 Å². The second-order valence-corrected chi connectivity index (χ2v) is 5.77. The summed E-state index contributed by atoms with van der Waals surface area (Å²) in [6, 6.07) is 5.83. The first kappa shape index (κ1) is 17.3. The van der Waals surface area contributed by atoms with Crippen LogP contribution in [-0.2, 0) is 0 Å². The Bertz CT molecular complexity index is 956. The second kappa shape index (κ2) is 6.75. The van der Waals surface area contributed by atoms with Crippen LogP contribution >= 0.6 is 0 Å². The number of nitrogens with two attached hydrogens (primary N) is 1. The topological polar surface area (TPSA) is 136 Å².